The van der Waals surface area contributed by atoms with Gasteiger partial charge in [0.15, 0.2) is 0 Å². The zero-order valence-corrected chi connectivity index (χ0v) is 14.4. The lowest BCUT2D eigenvalue weighted by atomic mass is 10.1. The number of hydrogen-bond donors (Lipinski definition) is 1. The Kier molecular flexibility index (Phi) is 13.1. The summed E-state index contributed by atoms with van der Waals surface area (Å²) in [7, 11) is 0. The predicted octanol–water partition coefficient (Wildman–Crippen LogP) is 6.18. The molecular weight excluding hydrogens is 256 g/mol. The monoisotopic (exact) mass is 286 g/mol. The summed E-state index contributed by atoms with van der Waals surface area (Å²) in [6.07, 6.45) is 3.41. The average molecular weight is 286 g/mol. The lowest BCUT2D eigenvalue weighted by Crippen LogP contribution is -1.97. The predicted molar refractivity (Wildman–Crippen MR) is 100 cm³/mol. The maximum atomic E-state index is 6.05. The van der Waals surface area contributed by atoms with Crippen molar-refractivity contribution in [2.45, 2.75) is 41.5 Å². The second-order valence-corrected chi connectivity index (χ2v) is 3.25. The number of nitrogens with zero attached hydrogens (tertiary/aromatic N) is 1. The Morgan fingerprint density at radius 3 is 1.90 bits per heavy atom. The van der Waals surface area contributed by atoms with Crippen molar-refractivity contribution in [3.8, 4) is 0 Å². The molecule has 0 amide bonds. The van der Waals surface area contributed by atoms with Gasteiger partial charge in [0, 0.05) is 10.9 Å². The van der Waals surface area contributed by atoms with Gasteiger partial charge in [-0.2, -0.15) is 0 Å². The quantitative estimate of drug-likeness (QED) is 0.715. The number of nitrogen functional groups attached to an aromatic ring is 1. The highest BCUT2D eigenvalue weighted by molar-refractivity contribution is 5.96. The molecule has 0 aliphatic rings. The summed E-state index contributed by atoms with van der Waals surface area (Å²) in [5.74, 6) is 0. The Morgan fingerprint density at radius 2 is 1.43 bits per heavy atom. The number of para-hydroxylation sites is 1. The van der Waals surface area contributed by atoms with Crippen molar-refractivity contribution in [1.82, 2.24) is 4.98 Å². The first-order valence-corrected chi connectivity index (χ1v) is 7.71. The SMILES string of the molecule is C=Cc1nc2ccccc2c(N)c1C=C.CC.CC.CC. The van der Waals surface area contributed by atoms with Crippen molar-refractivity contribution < 1.29 is 0 Å². The van der Waals surface area contributed by atoms with E-state index in [-0.39, 0.29) is 0 Å². The summed E-state index contributed by atoms with van der Waals surface area (Å²) >= 11 is 0. The fourth-order valence-corrected chi connectivity index (χ4v) is 1.64. The summed E-state index contributed by atoms with van der Waals surface area (Å²) in [5, 5.41) is 0.956. The van der Waals surface area contributed by atoms with E-state index in [0.29, 0.717) is 5.69 Å². The van der Waals surface area contributed by atoms with E-state index in [1.165, 1.54) is 0 Å². The van der Waals surface area contributed by atoms with Crippen LogP contribution in [0.3, 0.4) is 0 Å². The molecule has 0 fully saturated rings. The molecule has 0 saturated carbocycles. The normalized spacial score (nSPS) is 8.10. The van der Waals surface area contributed by atoms with Crippen LogP contribution in [0.15, 0.2) is 37.4 Å². The first kappa shape index (κ1) is 21.2. The minimum atomic E-state index is 0.713. The number of hydrogen-bond acceptors (Lipinski definition) is 2. The lowest BCUT2D eigenvalue weighted by molar-refractivity contribution is 1.36. The molecule has 1 aromatic heterocycles. The highest BCUT2D eigenvalue weighted by Crippen LogP contribution is 2.26. The van der Waals surface area contributed by atoms with Crippen LogP contribution in [-0.4, -0.2) is 4.98 Å². The van der Waals surface area contributed by atoms with E-state index in [4.69, 9.17) is 5.73 Å². The van der Waals surface area contributed by atoms with Crippen molar-refractivity contribution >= 4 is 28.7 Å². The van der Waals surface area contributed by atoms with Gasteiger partial charge in [-0.3, -0.25) is 0 Å². The van der Waals surface area contributed by atoms with Crippen molar-refractivity contribution in [2.75, 3.05) is 5.73 Å². The number of benzene rings is 1. The zero-order chi connectivity index (χ0) is 16.8. The number of fused-ring (bicyclic) bond motifs is 1. The Balaban J connectivity index is 0. The first-order valence-electron chi connectivity index (χ1n) is 7.71. The van der Waals surface area contributed by atoms with E-state index in [1.54, 1.807) is 12.2 Å². The number of anilines is 1. The third-order valence-electron chi connectivity index (χ3n) is 2.40. The van der Waals surface area contributed by atoms with Crippen LogP contribution in [-0.2, 0) is 0 Å². The smallest absolute Gasteiger partial charge is 0.0730 e. The van der Waals surface area contributed by atoms with Gasteiger partial charge in [-0.05, 0) is 12.1 Å². The Hall–Kier alpha value is -2.09. The fraction of sp³-hybridized carbons (Fsp3) is 0.316. The maximum absolute atomic E-state index is 6.05. The number of rotatable bonds is 2. The average Bonchev–Trinajstić information content (AvgIpc) is 2.60. The lowest BCUT2D eigenvalue weighted by Gasteiger charge is -2.08. The zero-order valence-electron chi connectivity index (χ0n) is 14.4. The van der Waals surface area contributed by atoms with Gasteiger partial charge in [-0.25, -0.2) is 4.98 Å². The van der Waals surface area contributed by atoms with Gasteiger partial charge >= 0.3 is 0 Å². The minimum Gasteiger partial charge on any atom is -0.398 e. The van der Waals surface area contributed by atoms with Crippen molar-refractivity contribution in [2.24, 2.45) is 0 Å². The molecule has 0 aliphatic carbocycles. The van der Waals surface area contributed by atoms with Gasteiger partial charge in [0.2, 0.25) is 0 Å². The third kappa shape index (κ3) is 5.42. The van der Waals surface area contributed by atoms with Crippen molar-refractivity contribution in [3.63, 3.8) is 0 Å². The molecule has 2 heteroatoms. The van der Waals surface area contributed by atoms with Crippen LogP contribution in [0.2, 0.25) is 0 Å². The molecule has 2 aromatic rings. The largest absolute Gasteiger partial charge is 0.398 e. The van der Waals surface area contributed by atoms with E-state index >= 15 is 0 Å². The Bertz CT molecular complexity index is 543. The van der Waals surface area contributed by atoms with Gasteiger partial charge in [0.05, 0.1) is 16.9 Å². The van der Waals surface area contributed by atoms with Gasteiger partial charge in [-0.1, -0.05) is 79.0 Å². The highest BCUT2D eigenvalue weighted by atomic mass is 14.7. The number of nitrogens with two attached hydrogens (primary N) is 1. The molecule has 21 heavy (non-hydrogen) atoms. The van der Waals surface area contributed by atoms with E-state index < -0.39 is 0 Å². The Morgan fingerprint density at radius 1 is 0.905 bits per heavy atom. The molecule has 0 spiro atoms. The molecule has 116 valence electrons. The van der Waals surface area contributed by atoms with Crippen molar-refractivity contribution in [3.05, 3.63) is 48.7 Å². The van der Waals surface area contributed by atoms with E-state index in [2.05, 4.69) is 18.1 Å². The molecule has 2 nitrogen and oxygen atoms in total. The summed E-state index contributed by atoms with van der Waals surface area (Å²) < 4.78 is 0. The summed E-state index contributed by atoms with van der Waals surface area (Å²) in [6.45, 7) is 19.5. The second-order valence-electron chi connectivity index (χ2n) is 3.25. The van der Waals surface area contributed by atoms with Gasteiger partial charge < -0.3 is 5.73 Å². The molecule has 0 saturated heterocycles. The minimum absolute atomic E-state index is 0.713. The molecule has 2 rings (SSSR count). The van der Waals surface area contributed by atoms with Crippen LogP contribution in [0.25, 0.3) is 23.1 Å². The molecule has 0 bridgehead atoms. The standard InChI is InChI=1S/C13H12N2.3C2H6/c1-3-9-11(4-2)15-12-8-6-5-7-10(12)13(9)14;3*1-2/h3-8H,1-2H2,(H2,14,15);3*1-2H3. The molecule has 2 N–H and O–H groups in total. The van der Waals surface area contributed by atoms with Crippen LogP contribution in [0, 0.1) is 0 Å². The number of pyridine rings is 1. The molecule has 0 radical (unpaired) electrons. The summed E-state index contributed by atoms with van der Waals surface area (Å²) in [6, 6.07) is 7.78. The van der Waals surface area contributed by atoms with E-state index in [0.717, 1.165) is 22.2 Å². The Labute approximate surface area is 130 Å². The molecule has 0 unspecified atom stereocenters. The van der Waals surface area contributed by atoms with Crippen molar-refractivity contribution in [1.29, 1.82) is 0 Å². The highest BCUT2D eigenvalue weighted by Gasteiger charge is 2.07. The first-order chi connectivity index (χ1) is 10.3. The summed E-state index contributed by atoms with van der Waals surface area (Å²) in [4.78, 5) is 4.46. The molecule has 1 aromatic carbocycles. The topological polar surface area (TPSA) is 38.9 Å². The van der Waals surface area contributed by atoms with Gasteiger partial charge in [0.25, 0.3) is 0 Å². The van der Waals surface area contributed by atoms with Crippen LogP contribution in [0.4, 0.5) is 5.69 Å². The van der Waals surface area contributed by atoms with Crippen LogP contribution in [0.1, 0.15) is 52.8 Å². The third-order valence-corrected chi connectivity index (χ3v) is 2.40. The number of aromatic nitrogens is 1. The van der Waals surface area contributed by atoms with Gasteiger partial charge in [-0.15, -0.1) is 0 Å². The summed E-state index contributed by atoms with van der Waals surface area (Å²) in [5.41, 5.74) is 9.27. The molecule has 0 atom stereocenters. The molecular formula is C19H30N2. The second kappa shape index (κ2) is 12.9. The van der Waals surface area contributed by atoms with E-state index in [1.807, 2.05) is 65.8 Å². The van der Waals surface area contributed by atoms with E-state index in [9.17, 15) is 0 Å². The fourth-order valence-electron chi connectivity index (χ4n) is 1.64. The van der Waals surface area contributed by atoms with Gasteiger partial charge in [0.1, 0.15) is 0 Å². The molecule has 1 heterocycles. The van der Waals surface area contributed by atoms with Crippen LogP contribution >= 0.6 is 0 Å². The van der Waals surface area contributed by atoms with Crippen LogP contribution < -0.4 is 5.73 Å². The molecule has 0 aliphatic heterocycles. The van der Waals surface area contributed by atoms with Crippen LogP contribution in [0.5, 0.6) is 0 Å². The maximum Gasteiger partial charge on any atom is 0.0730 e.